The molecule has 0 atom stereocenters. The lowest BCUT2D eigenvalue weighted by Gasteiger charge is -2.21. The monoisotopic (exact) mass is 199 g/mol. The van der Waals surface area contributed by atoms with Gasteiger partial charge in [-0.3, -0.25) is 9.69 Å². The number of hydrogen-bond donors (Lipinski definition) is 1. The molecule has 0 saturated carbocycles. The number of rotatable bonds is 3. The lowest BCUT2D eigenvalue weighted by atomic mass is 10.0. The van der Waals surface area contributed by atoms with Crippen LogP contribution in [0, 0.1) is 0 Å². The highest BCUT2D eigenvalue weighted by Gasteiger charge is 2.33. The zero-order chi connectivity index (χ0) is 10.9. The topological polar surface area (TPSA) is 66.6 Å². The second kappa shape index (κ2) is 3.57. The van der Waals surface area contributed by atoms with Gasteiger partial charge >= 0.3 is 6.03 Å². The van der Waals surface area contributed by atoms with Gasteiger partial charge in [-0.25, -0.2) is 4.79 Å². The summed E-state index contributed by atoms with van der Waals surface area (Å²) in [6.07, 6.45) is 0.623. The average Bonchev–Trinajstić information content (AvgIpc) is 2.23. The van der Waals surface area contributed by atoms with Crippen LogP contribution in [0.25, 0.3) is 0 Å². The first-order chi connectivity index (χ1) is 6.31. The summed E-state index contributed by atoms with van der Waals surface area (Å²) >= 11 is 0. The second-order valence-electron chi connectivity index (χ2n) is 4.42. The molecule has 1 heterocycles. The maximum absolute atomic E-state index is 11.4. The molecule has 1 fully saturated rings. The van der Waals surface area contributed by atoms with Gasteiger partial charge in [0.15, 0.2) is 0 Å². The molecule has 5 nitrogen and oxygen atoms in total. The van der Waals surface area contributed by atoms with Crippen molar-refractivity contribution in [1.82, 2.24) is 9.80 Å². The van der Waals surface area contributed by atoms with Crippen LogP contribution in [0.3, 0.4) is 0 Å². The quantitative estimate of drug-likeness (QED) is 0.651. The number of nitrogens with zero attached hydrogens (tertiary/aromatic N) is 2. The Morgan fingerprint density at radius 2 is 2.00 bits per heavy atom. The Kier molecular flexibility index (Phi) is 2.80. The third-order valence-corrected chi connectivity index (χ3v) is 2.21. The molecule has 1 aliphatic heterocycles. The van der Waals surface area contributed by atoms with E-state index in [1.165, 1.54) is 9.80 Å². The Hall–Kier alpha value is -1.10. The number of nitrogens with two attached hydrogens (primary N) is 1. The van der Waals surface area contributed by atoms with Crippen LogP contribution in [-0.2, 0) is 4.79 Å². The zero-order valence-electron chi connectivity index (χ0n) is 8.91. The fourth-order valence-electron chi connectivity index (χ4n) is 1.29. The molecule has 80 valence electrons. The van der Waals surface area contributed by atoms with Gasteiger partial charge in [0.2, 0.25) is 5.91 Å². The van der Waals surface area contributed by atoms with Gasteiger partial charge in [0, 0.05) is 19.1 Å². The van der Waals surface area contributed by atoms with Crippen LogP contribution >= 0.6 is 0 Å². The molecule has 0 unspecified atom stereocenters. The smallest absolute Gasteiger partial charge is 0.325 e. The predicted molar refractivity (Wildman–Crippen MR) is 52.6 cm³/mol. The summed E-state index contributed by atoms with van der Waals surface area (Å²) in [4.78, 5) is 25.4. The predicted octanol–water partition coefficient (Wildman–Crippen LogP) is 0.00780. The third kappa shape index (κ3) is 2.45. The van der Waals surface area contributed by atoms with E-state index in [9.17, 15) is 9.59 Å². The molecule has 0 aromatic rings. The Bertz CT molecular complexity index is 257. The molecule has 0 aromatic carbocycles. The number of amides is 3. The van der Waals surface area contributed by atoms with Crippen molar-refractivity contribution in [2.24, 2.45) is 5.73 Å². The standard InChI is InChI=1S/C9H17N3O2/c1-9(2,10)4-5-12-7(13)6-11(3)8(12)14/h4-6,10H2,1-3H3. The molecular formula is C9H17N3O2. The van der Waals surface area contributed by atoms with Crippen LogP contribution in [0.4, 0.5) is 4.79 Å². The first kappa shape index (κ1) is 11.0. The van der Waals surface area contributed by atoms with Crippen molar-refractivity contribution in [3.63, 3.8) is 0 Å². The van der Waals surface area contributed by atoms with Crippen LogP contribution < -0.4 is 5.73 Å². The van der Waals surface area contributed by atoms with Gasteiger partial charge in [-0.1, -0.05) is 0 Å². The minimum absolute atomic E-state index is 0.137. The van der Waals surface area contributed by atoms with E-state index in [0.29, 0.717) is 13.0 Å². The number of likely N-dealkylation sites (N-methyl/N-ethyl adjacent to an activating group) is 1. The number of carbonyl (C=O) groups is 2. The molecule has 3 amide bonds. The van der Waals surface area contributed by atoms with E-state index in [0.717, 1.165) is 0 Å². The van der Waals surface area contributed by atoms with Crippen LogP contribution in [0.15, 0.2) is 0 Å². The van der Waals surface area contributed by atoms with Crippen molar-refractivity contribution in [1.29, 1.82) is 0 Å². The van der Waals surface area contributed by atoms with Crippen molar-refractivity contribution in [3.05, 3.63) is 0 Å². The highest BCUT2D eigenvalue weighted by atomic mass is 16.2. The van der Waals surface area contributed by atoms with E-state index in [-0.39, 0.29) is 24.0 Å². The van der Waals surface area contributed by atoms with Gasteiger partial charge in [-0.15, -0.1) is 0 Å². The molecule has 0 bridgehead atoms. The lowest BCUT2D eigenvalue weighted by molar-refractivity contribution is -0.125. The van der Waals surface area contributed by atoms with E-state index < -0.39 is 0 Å². The SMILES string of the molecule is CN1CC(=O)N(CCC(C)(C)N)C1=O. The van der Waals surface area contributed by atoms with Crippen LogP contribution in [0.5, 0.6) is 0 Å². The summed E-state index contributed by atoms with van der Waals surface area (Å²) in [5, 5.41) is 0. The largest absolute Gasteiger partial charge is 0.326 e. The Morgan fingerprint density at radius 3 is 2.36 bits per heavy atom. The Balaban J connectivity index is 2.53. The van der Waals surface area contributed by atoms with E-state index in [2.05, 4.69) is 0 Å². The van der Waals surface area contributed by atoms with Crippen molar-refractivity contribution in [3.8, 4) is 0 Å². The molecule has 1 saturated heterocycles. The minimum atomic E-state index is -0.346. The van der Waals surface area contributed by atoms with Gasteiger partial charge < -0.3 is 10.6 Å². The molecule has 5 heteroatoms. The summed E-state index contributed by atoms with van der Waals surface area (Å²) in [6.45, 7) is 4.35. The van der Waals surface area contributed by atoms with E-state index in [1.54, 1.807) is 7.05 Å². The second-order valence-corrected chi connectivity index (χ2v) is 4.42. The van der Waals surface area contributed by atoms with Crippen LogP contribution in [-0.4, -0.2) is 47.4 Å². The van der Waals surface area contributed by atoms with Gasteiger partial charge in [0.25, 0.3) is 0 Å². The van der Waals surface area contributed by atoms with Gasteiger partial charge in [0.05, 0.1) is 0 Å². The van der Waals surface area contributed by atoms with E-state index in [1.807, 2.05) is 13.8 Å². The molecule has 1 rings (SSSR count). The molecule has 14 heavy (non-hydrogen) atoms. The van der Waals surface area contributed by atoms with Crippen LogP contribution in [0.1, 0.15) is 20.3 Å². The Labute approximate surface area is 83.8 Å². The molecule has 0 spiro atoms. The average molecular weight is 199 g/mol. The zero-order valence-corrected chi connectivity index (χ0v) is 8.91. The Morgan fingerprint density at radius 1 is 1.43 bits per heavy atom. The normalized spacial score (nSPS) is 18.3. The highest BCUT2D eigenvalue weighted by molar-refractivity contribution is 6.01. The summed E-state index contributed by atoms with van der Waals surface area (Å²) < 4.78 is 0. The summed E-state index contributed by atoms with van der Waals surface area (Å²) in [7, 11) is 1.62. The van der Waals surface area contributed by atoms with E-state index >= 15 is 0 Å². The first-order valence-electron chi connectivity index (χ1n) is 4.65. The molecular weight excluding hydrogens is 182 g/mol. The number of hydrogen-bond acceptors (Lipinski definition) is 3. The maximum Gasteiger partial charge on any atom is 0.326 e. The lowest BCUT2D eigenvalue weighted by Crippen LogP contribution is -2.40. The van der Waals surface area contributed by atoms with Gasteiger partial charge in [0.1, 0.15) is 6.54 Å². The molecule has 0 radical (unpaired) electrons. The van der Waals surface area contributed by atoms with E-state index in [4.69, 9.17) is 5.73 Å². The number of carbonyl (C=O) groups excluding carboxylic acids is 2. The third-order valence-electron chi connectivity index (χ3n) is 2.21. The summed E-state index contributed by atoms with van der Waals surface area (Å²) in [5.74, 6) is -0.137. The molecule has 1 aliphatic rings. The van der Waals surface area contributed by atoms with Crippen molar-refractivity contribution >= 4 is 11.9 Å². The van der Waals surface area contributed by atoms with Gasteiger partial charge in [-0.05, 0) is 20.3 Å². The number of imide groups is 1. The molecule has 0 aliphatic carbocycles. The fraction of sp³-hybridized carbons (Fsp3) is 0.778. The van der Waals surface area contributed by atoms with Gasteiger partial charge in [-0.2, -0.15) is 0 Å². The van der Waals surface area contributed by atoms with Crippen molar-refractivity contribution < 1.29 is 9.59 Å². The highest BCUT2D eigenvalue weighted by Crippen LogP contribution is 2.11. The van der Waals surface area contributed by atoms with Crippen LogP contribution in [0.2, 0.25) is 0 Å². The summed E-state index contributed by atoms with van der Waals surface area (Å²) in [5.41, 5.74) is 5.43. The number of urea groups is 1. The molecule has 0 aromatic heterocycles. The minimum Gasteiger partial charge on any atom is -0.325 e. The van der Waals surface area contributed by atoms with Crippen molar-refractivity contribution in [2.75, 3.05) is 20.1 Å². The first-order valence-corrected chi connectivity index (χ1v) is 4.65. The van der Waals surface area contributed by atoms with Crippen molar-refractivity contribution in [2.45, 2.75) is 25.8 Å². The molecule has 2 N–H and O–H groups in total. The maximum atomic E-state index is 11.4. The summed E-state index contributed by atoms with van der Waals surface area (Å²) in [6, 6.07) is -0.223. The fourth-order valence-corrected chi connectivity index (χ4v) is 1.29.